The summed E-state index contributed by atoms with van der Waals surface area (Å²) in [6.07, 6.45) is 9.52. The summed E-state index contributed by atoms with van der Waals surface area (Å²) in [4.78, 5) is 24.7. The SMILES string of the molecule is O=C(CCNC(=O)C12CC3CC(CC(C3)C1)C2)NCC1(CO)CC1. The van der Waals surface area contributed by atoms with Crippen LogP contribution in [0.2, 0.25) is 0 Å². The van der Waals surface area contributed by atoms with Crippen LogP contribution in [0, 0.1) is 28.6 Å². The van der Waals surface area contributed by atoms with Gasteiger partial charge in [0.1, 0.15) is 0 Å². The third-order valence-corrected chi connectivity index (χ3v) is 7.11. The number of amides is 2. The molecular weight excluding hydrogens is 304 g/mol. The van der Waals surface area contributed by atoms with E-state index in [1.54, 1.807) is 0 Å². The van der Waals surface area contributed by atoms with Crippen LogP contribution in [0.25, 0.3) is 0 Å². The highest BCUT2D eigenvalue weighted by atomic mass is 16.3. The van der Waals surface area contributed by atoms with E-state index < -0.39 is 0 Å². The van der Waals surface area contributed by atoms with Gasteiger partial charge in [-0.1, -0.05) is 0 Å². The summed E-state index contributed by atoms with van der Waals surface area (Å²) in [6.45, 7) is 1.14. The molecule has 0 aromatic carbocycles. The van der Waals surface area contributed by atoms with E-state index in [0.717, 1.165) is 49.9 Å². The fourth-order valence-corrected chi connectivity index (χ4v) is 5.81. The Labute approximate surface area is 144 Å². The summed E-state index contributed by atoms with van der Waals surface area (Å²) >= 11 is 0. The van der Waals surface area contributed by atoms with Crippen molar-refractivity contribution in [2.75, 3.05) is 19.7 Å². The molecule has 0 aliphatic heterocycles. The molecule has 0 aromatic rings. The van der Waals surface area contributed by atoms with Gasteiger partial charge < -0.3 is 15.7 Å². The van der Waals surface area contributed by atoms with Crippen LogP contribution in [0.3, 0.4) is 0 Å². The van der Waals surface area contributed by atoms with Gasteiger partial charge in [-0.2, -0.15) is 0 Å². The number of aliphatic hydroxyl groups is 1. The van der Waals surface area contributed by atoms with Gasteiger partial charge in [-0.3, -0.25) is 9.59 Å². The monoisotopic (exact) mass is 334 g/mol. The maximum absolute atomic E-state index is 12.8. The summed E-state index contributed by atoms with van der Waals surface area (Å²) in [5, 5.41) is 15.2. The molecule has 0 radical (unpaired) electrons. The number of carbonyl (C=O) groups excluding carboxylic acids is 2. The molecule has 0 saturated heterocycles. The lowest BCUT2D eigenvalue weighted by Crippen LogP contribution is -2.53. The smallest absolute Gasteiger partial charge is 0.226 e. The average Bonchev–Trinajstić information content (AvgIpc) is 3.32. The topological polar surface area (TPSA) is 78.4 Å². The third kappa shape index (κ3) is 3.07. The summed E-state index contributed by atoms with van der Waals surface area (Å²) in [5.41, 5.74) is -0.182. The van der Waals surface area contributed by atoms with Crippen molar-refractivity contribution in [2.24, 2.45) is 28.6 Å². The molecular formula is C19H30N2O3. The highest BCUT2D eigenvalue weighted by Gasteiger charge is 2.54. The van der Waals surface area contributed by atoms with Crippen molar-refractivity contribution < 1.29 is 14.7 Å². The Balaban J connectivity index is 1.22. The van der Waals surface area contributed by atoms with E-state index in [4.69, 9.17) is 0 Å². The number of nitrogens with one attached hydrogen (secondary N) is 2. The summed E-state index contributed by atoms with van der Waals surface area (Å²) in [6, 6.07) is 0. The minimum atomic E-state index is -0.125. The molecule has 5 rings (SSSR count). The maximum Gasteiger partial charge on any atom is 0.226 e. The Bertz CT molecular complexity index is 491. The number of aliphatic hydroxyl groups excluding tert-OH is 1. The van der Waals surface area contributed by atoms with Crippen LogP contribution in [-0.2, 0) is 9.59 Å². The van der Waals surface area contributed by atoms with Crippen LogP contribution in [0.1, 0.15) is 57.8 Å². The minimum Gasteiger partial charge on any atom is -0.396 e. The zero-order valence-electron chi connectivity index (χ0n) is 14.5. The molecule has 0 aromatic heterocycles. The lowest BCUT2D eigenvalue weighted by Gasteiger charge is -2.55. The van der Waals surface area contributed by atoms with Crippen molar-refractivity contribution >= 4 is 11.8 Å². The Hall–Kier alpha value is -1.10. The molecule has 2 amide bonds. The van der Waals surface area contributed by atoms with Gasteiger partial charge in [0.2, 0.25) is 11.8 Å². The largest absolute Gasteiger partial charge is 0.396 e. The molecule has 5 saturated carbocycles. The van der Waals surface area contributed by atoms with E-state index in [1.165, 1.54) is 19.3 Å². The first kappa shape index (κ1) is 16.4. The number of carbonyl (C=O) groups is 2. The van der Waals surface area contributed by atoms with Crippen molar-refractivity contribution in [1.29, 1.82) is 0 Å². The number of hydrogen-bond acceptors (Lipinski definition) is 3. The van der Waals surface area contributed by atoms with Gasteiger partial charge in [-0.05, 0) is 69.1 Å². The minimum absolute atomic E-state index is 0.0273. The third-order valence-electron chi connectivity index (χ3n) is 7.11. The predicted molar refractivity (Wildman–Crippen MR) is 90.0 cm³/mol. The van der Waals surface area contributed by atoms with Gasteiger partial charge in [0.15, 0.2) is 0 Å². The summed E-state index contributed by atoms with van der Waals surface area (Å²) in [5.74, 6) is 2.46. The first-order valence-electron chi connectivity index (χ1n) is 9.68. The summed E-state index contributed by atoms with van der Waals surface area (Å²) in [7, 11) is 0. The molecule has 0 atom stereocenters. The second-order valence-electron chi connectivity index (χ2n) is 9.14. The maximum atomic E-state index is 12.8. The zero-order chi connectivity index (χ0) is 16.8. The fraction of sp³-hybridized carbons (Fsp3) is 0.895. The molecule has 5 aliphatic carbocycles. The van der Waals surface area contributed by atoms with Crippen LogP contribution in [0.4, 0.5) is 0 Å². The van der Waals surface area contributed by atoms with E-state index >= 15 is 0 Å². The molecule has 0 unspecified atom stereocenters. The molecule has 5 heteroatoms. The first-order chi connectivity index (χ1) is 11.5. The van der Waals surface area contributed by atoms with Crippen LogP contribution < -0.4 is 10.6 Å². The van der Waals surface area contributed by atoms with Crippen LogP contribution in [-0.4, -0.2) is 36.6 Å². The highest BCUT2D eigenvalue weighted by molar-refractivity contribution is 5.84. The Kier molecular flexibility index (Phi) is 4.10. The van der Waals surface area contributed by atoms with E-state index in [1.807, 2.05) is 0 Å². The van der Waals surface area contributed by atoms with Crippen LogP contribution in [0.5, 0.6) is 0 Å². The van der Waals surface area contributed by atoms with E-state index in [2.05, 4.69) is 10.6 Å². The van der Waals surface area contributed by atoms with Crippen LogP contribution >= 0.6 is 0 Å². The van der Waals surface area contributed by atoms with Crippen molar-refractivity contribution in [3.63, 3.8) is 0 Å². The molecule has 134 valence electrons. The van der Waals surface area contributed by atoms with Gasteiger partial charge in [-0.25, -0.2) is 0 Å². The van der Waals surface area contributed by atoms with Crippen LogP contribution in [0.15, 0.2) is 0 Å². The number of rotatable bonds is 7. The Morgan fingerprint density at radius 2 is 1.54 bits per heavy atom. The van der Waals surface area contributed by atoms with E-state index in [0.29, 0.717) is 19.5 Å². The second-order valence-corrected chi connectivity index (χ2v) is 9.14. The number of hydrogen-bond donors (Lipinski definition) is 3. The lowest BCUT2D eigenvalue weighted by molar-refractivity contribution is -0.146. The molecule has 0 heterocycles. The van der Waals surface area contributed by atoms with Gasteiger partial charge in [-0.15, -0.1) is 0 Å². The second kappa shape index (κ2) is 6.01. The molecule has 3 N–H and O–H groups in total. The Morgan fingerprint density at radius 1 is 0.958 bits per heavy atom. The van der Waals surface area contributed by atoms with Crippen molar-refractivity contribution in [1.82, 2.24) is 10.6 Å². The molecule has 5 nitrogen and oxygen atoms in total. The van der Waals surface area contributed by atoms with Gasteiger partial charge in [0.25, 0.3) is 0 Å². The molecule has 0 spiro atoms. The van der Waals surface area contributed by atoms with Crippen molar-refractivity contribution in [3.05, 3.63) is 0 Å². The first-order valence-corrected chi connectivity index (χ1v) is 9.68. The van der Waals surface area contributed by atoms with Gasteiger partial charge in [0.05, 0.1) is 6.61 Å². The predicted octanol–water partition coefficient (Wildman–Crippen LogP) is 1.60. The van der Waals surface area contributed by atoms with Crippen molar-refractivity contribution in [2.45, 2.75) is 57.8 Å². The Morgan fingerprint density at radius 3 is 2.04 bits per heavy atom. The van der Waals surface area contributed by atoms with Gasteiger partial charge >= 0.3 is 0 Å². The lowest BCUT2D eigenvalue weighted by atomic mass is 9.49. The van der Waals surface area contributed by atoms with Crippen molar-refractivity contribution in [3.8, 4) is 0 Å². The quantitative estimate of drug-likeness (QED) is 0.662. The normalized spacial score (nSPS) is 38.0. The summed E-state index contributed by atoms with van der Waals surface area (Å²) < 4.78 is 0. The zero-order valence-corrected chi connectivity index (χ0v) is 14.5. The molecule has 24 heavy (non-hydrogen) atoms. The molecule has 4 bridgehead atoms. The fourth-order valence-electron chi connectivity index (χ4n) is 5.81. The standard InChI is InChI=1S/C19H30N2O3/c22-12-18(2-3-18)11-21-16(23)1-4-20-17(24)19-8-13-5-14(9-19)7-15(6-13)10-19/h13-15,22H,1-12H2,(H,20,24)(H,21,23). The van der Waals surface area contributed by atoms with E-state index in [9.17, 15) is 14.7 Å². The van der Waals surface area contributed by atoms with E-state index in [-0.39, 0.29) is 29.3 Å². The molecule has 5 fully saturated rings. The molecule has 5 aliphatic rings. The average molecular weight is 334 g/mol. The van der Waals surface area contributed by atoms with Gasteiger partial charge in [0, 0.05) is 30.3 Å². The highest BCUT2D eigenvalue weighted by Crippen LogP contribution is 2.60.